The van der Waals surface area contributed by atoms with Crippen molar-refractivity contribution < 1.29 is 4.79 Å². The van der Waals surface area contributed by atoms with Gasteiger partial charge in [-0.05, 0) is 24.3 Å². The van der Waals surface area contributed by atoms with Crippen molar-refractivity contribution in [3.8, 4) is 0 Å². The van der Waals surface area contributed by atoms with Gasteiger partial charge in [0.05, 0.1) is 5.56 Å². The molecule has 1 heterocycles. The van der Waals surface area contributed by atoms with Crippen LogP contribution in [0.2, 0.25) is 0 Å². The highest BCUT2D eigenvalue weighted by molar-refractivity contribution is 9.09. The average molecular weight is 315 g/mol. The quantitative estimate of drug-likeness (QED) is 0.791. The molecule has 0 unspecified atom stereocenters. The number of amides is 1. The minimum Gasteiger partial charge on any atom is -0.351 e. The molecule has 18 heavy (non-hydrogen) atoms. The maximum absolute atomic E-state index is 11.8. The summed E-state index contributed by atoms with van der Waals surface area (Å²) in [6, 6.07) is 2.88. The van der Waals surface area contributed by atoms with Crippen molar-refractivity contribution in [2.24, 2.45) is 5.41 Å². The molecule has 1 amide bonds. The first-order valence-electron chi connectivity index (χ1n) is 5.97. The average Bonchev–Trinajstić information content (AvgIpc) is 2.35. The zero-order valence-electron chi connectivity index (χ0n) is 10.8. The number of H-pyrrole nitrogens is 1. The topological polar surface area (TPSA) is 62.0 Å². The molecular formula is C13H19BrN2O2. The van der Waals surface area contributed by atoms with Crippen molar-refractivity contribution in [1.29, 1.82) is 0 Å². The second-order valence-electron chi connectivity index (χ2n) is 5.08. The molecule has 4 nitrogen and oxygen atoms in total. The van der Waals surface area contributed by atoms with Crippen LogP contribution < -0.4 is 10.9 Å². The lowest BCUT2D eigenvalue weighted by molar-refractivity contribution is 0.0934. The Morgan fingerprint density at radius 2 is 2.17 bits per heavy atom. The van der Waals surface area contributed by atoms with E-state index in [1.807, 2.05) is 0 Å². The van der Waals surface area contributed by atoms with Gasteiger partial charge in [-0.1, -0.05) is 29.8 Å². The Balaban J connectivity index is 2.50. The maximum atomic E-state index is 11.8. The third-order valence-corrected chi connectivity index (χ3v) is 3.32. The van der Waals surface area contributed by atoms with Crippen LogP contribution in [0.3, 0.4) is 0 Å². The first kappa shape index (κ1) is 15.0. The highest BCUT2D eigenvalue weighted by Crippen LogP contribution is 2.21. The van der Waals surface area contributed by atoms with E-state index in [1.165, 1.54) is 18.3 Å². The van der Waals surface area contributed by atoms with E-state index in [0.717, 1.165) is 18.2 Å². The van der Waals surface area contributed by atoms with E-state index in [-0.39, 0.29) is 16.9 Å². The Kier molecular flexibility index (Phi) is 5.59. The zero-order chi connectivity index (χ0) is 13.6. The maximum Gasteiger partial charge on any atom is 0.252 e. The van der Waals surface area contributed by atoms with E-state index in [4.69, 9.17) is 0 Å². The fourth-order valence-corrected chi connectivity index (χ4v) is 1.89. The van der Waals surface area contributed by atoms with Crippen molar-refractivity contribution in [3.63, 3.8) is 0 Å². The van der Waals surface area contributed by atoms with Gasteiger partial charge in [-0.25, -0.2) is 0 Å². The molecule has 0 aliphatic heterocycles. The van der Waals surface area contributed by atoms with Gasteiger partial charge in [-0.3, -0.25) is 9.59 Å². The van der Waals surface area contributed by atoms with E-state index >= 15 is 0 Å². The molecule has 100 valence electrons. The Morgan fingerprint density at radius 1 is 1.44 bits per heavy atom. The van der Waals surface area contributed by atoms with Gasteiger partial charge in [0.15, 0.2) is 0 Å². The van der Waals surface area contributed by atoms with Gasteiger partial charge in [0.25, 0.3) is 5.91 Å². The SMILES string of the molecule is CC(C)(CCCBr)CNC(=O)c1ccc(=O)[nH]c1. The van der Waals surface area contributed by atoms with Crippen LogP contribution in [-0.4, -0.2) is 22.8 Å². The number of hydrogen-bond acceptors (Lipinski definition) is 2. The number of halogens is 1. The van der Waals surface area contributed by atoms with Crippen molar-refractivity contribution in [1.82, 2.24) is 10.3 Å². The fraction of sp³-hybridized carbons (Fsp3) is 0.538. The lowest BCUT2D eigenvalue weighted by Crippen LogP contribution is -2.34. The standard InChI is InChI=1S/C13H19BrN2O2/c1-13(2,6-3-7-14)9-16-12(18)10-4-5-11(17)15-8-10/h4-5,8H,3,6-7,9H2,1-2H3,(H,15,17)(H,16,18). The molecule has 5 heteroatoms. The van der Waals surface area contributed by atoms with Gasteiger partial charge in [-0.15, -0.1) is 0 Å². The monoisotopic (exact) mass is 314 g/mol. The number of alkyl halides is 1. The highest BCUT2D eigenvalue weighted by atomic mass is 79.9. The van der Waals surface area contributed by atoms with E-state index < -0.39 is 0 Å². The van der Waals surface area contributed by atoms with Crippen LogP contribution in [0, 0.1) is 5.41 Å². The van der Waals surface area contributed by atoms with Gasteiger partial charge in [0, 0.05) is 24.1 Å². The summed E-state index contributed by atoms with van der Waals surface area (Å²) in [5, 5.41) is 3.87. The minimum atomic E-state index is -0.204. The van der Waals surface area contributed by atoms with Crippen molar-refractivity contribution in [2.45, 2.75) is 26.7 Å². The van der Waals surface area contributed by atoms with Crippen molar-refractivity contribution >= 4 is 21.8 Å². The van der Waals surface area contributed by atoms with Gasteiger partial charge in [0.2, 0.25) is 5.56 Å². The molecule has 0 aromatic carbocycles. The van der Waals surface area contributed by atoms with Gasteiger partial charge in [-0.2, -0.15) is 0 Å². The van der Waals surface area contributed by atoms with Crippen LogP contribution in [0.15, 0.2) is 23.1 Å². The summed E-state index contributed by atoms with van der Waals surface area (Å²) in [6.07, 6.45) is 3.56. The molecule has 0 saturated carbocycles. The highest BCUT2D eigenvalue weighted by Gasteiger charge is 2.18. The molecule has 0 fully saturated rings. The Labute approximate surface area is 115 Å². The predicted molar refractivity (Wildman–Crippen MR) is 76.2 cm³/mol. The number of aromatic amines is 1. The second-order valence-corrected chi connectivity index (χ2v) is 5.87. The molecule has 0 aliphatic rings. The van der Waals surface area contributed by atoms with Crippen LogP contribution in [0.4, 0.5) is 0 Å². The number of carbonyl (C=O) groups is 1. The first-order valence-corrected chi connectivity index (χ1v) is 7.10. The molecule has 0 spiro atoms. The molecule has 1 rings (SSSR count). The molecule has 0 bridgehead atoms. The molecule has 1 aromatic rings. The summed E-state index contributed by atoms with van der Waals surface area (Å²) in [5.41, 5.74) is 0.348. The van der Waals surface area contributed by atoms with Crippen LogP contribution >= 0.6 is 15.9 Å². The summed E-state index contributed by atoms with van der Waals surface area (Å²) in [5.74, 6) is -0.154. The molecular weight excluding hydrogens is 296 g/mol. The lowest BCUT2D eigenvalue weighted by Gasteiger charge is -2.24. The van der Waals surface area contributed by atoms with Crippen molar-refractivity contribution in [3.05, 3.63) is 34.2 Å². The molecule has 2 N–H and O–H groups in total. The number of hydrogen-bond donors (Lipinski definition) is 2. The third-order valence-electron chi connectivity index (χ3n) is 2.76. The van der Waals surface area contributed by atoms with Gasteiger partial charge in [0.1, 0.15) is 0 Å². The van der Waals surface area contributed by atoms with Crippen LogP contribution in [-0.2, 0) is 0 Å². The van der Waals surface area contributed by atoms with Crippen LogP contribution in [0.25, 0.3) is 0 Å². The first-order chi connectivity index (χ1) is 8.44. The predicted octanol–water partition coefficient (Wildman–Crippen LogP) is 2.31. The van der Waals surface area contributed by atoms with E-state index in [9.17, 15) is 9.59 Å². The zero-order valence-corrected chi connectivity index (χ0v) is 12.3. The Morgan fingerprint density at radius 3 is 2.72 bits per heavy atom. The molecule has 0 saturated heterocycles. The number of aromatic nitrogens is 1. The number of pyridine rings is 1. The Hall–Kier alpha value is -1.10. The number of nitrogens with one attached hydrogen (secondary N) is 2. The molecule has 0 atom stereocenters. The van der Waals surface area contributed by atoms with E-state index in [0.29, 0.717) is 12.1 Å². The summed E-state index contributed by atoms with van der Waals surface area (Å²) in [6.45, 7) is 4.88. The fourth-order valence-electron chi connectivity index (χ4n) is 1.61. The van der Waals surface area contributed by atoms with Crippen molar-refractivity contribution in [2.75, 3.05) is 11.9 Å². The summed E-state index contributed by atoms with van der Waals surface area (Å²) < 4.78 is 0. The number of rotatable bonds is 6. The summed E-state index contributed by atoms with van der Waals surface area (Å²) in [7, 11) is 0. The summed E-state index contributed by atoms with van der Waals surface area (Å²) in [4.78, 5) is 25.2. The van der Waals surface area contributed by atoms with Gasteiger partial charge >= 0.3 is 0 Å². The summed E-state index contributed by atoms with van der Waals surface area (Å²) >= 11 is 3.40. The normalized spacial score (nSPS) is 11.3. The largest absolute Gasteiger partial charge is 0.351 e. The van der Waals surface area contributed by atoms with Crippen LogP contribution in [0.1, 0.15) is 37.0 Å². The Bertz CT molecular complexity index is 434. The number of carbonyl (C=O) groups excluding carboxylic acids is 1. The third kappa shape index (κ3) is 5.04. The van der Waals surface area contributed by atoms with E-state index in [2.05, 4.69) is 40.1 Å². The molecule has 0 aliphatic carbocycles. The molecule has 0 radical (unpaired) electrons. The molecule has 1 aromatic heterocycles. The lowest BCUT2D eigenvalue weighted by atomic mass is 9.88. The minimum absolute atomic E-state index is 0.0750. The smallest absolute Gasteiger partial charge is 0.252 e. The van der Waals surface area contributed by atoms with E-state index in [1.54, 1.807) is 0 Å². The van der Waals surface area contributed by atoms with Crippen LogP contribution in [0.5, 0.6) is 0 Å². The second kappa shape index (κ2) is 6.73. The van der Waals surface area contributed by atoms with Gasteiger partial charge < -0.3 is 10.3 Å².